The van der Waals surface area contributed by atoms with Crippen molar-refractivity contribution in [3.63, 3.8) is 0 Å². The van der Waals surface area contributed by atoms with Crippen LogP contribution in [0.1, 0.15) is 11.1 Å². The third-order valence-corrected chi connectivity index (χ3v) is 4.22. The van der Waals surface area contributed by atoms with E-state index < -0.39 is 4.92 Å². The maximum atomic E-state index is 11.3. The minimum atomic E-state index is -0.476. The monoisotopic (exact) mass is 398 g/mol. The topological polar surface area (TPSA) is 73.6 Å². The van der Waals surface area contributed by atoms with Crippen LogP contribution >= 0.6 is 11.6 Å². The number of nitro groups is 1. The summed E-state index contributed by atoms with van der Waals surface area (Å²) in [7, 11) is 1.83. The molecule has 0 amide bonds. The highest BCUT2D eigenvalue weighted by Crippen LogP contribution is 2.35. The molecule has 0 unspecified atom stereocenters. The summed E-state index contributed by atoms with van der Waals surface area (Å²) in [5.74, 6) is 1.14. The second-order valence-electron chi connectivity index (χ2n) is 6.05. The Kier molecular flexibility index (Phi) is 6.47. The van der Waals surface area contributed by atoms with Gasteiger partial charge in [0, 0.05) is 29.3 Å². The molecule has 6 nitrogen and oxygen atoms in total. The summed E-state index contributed by atoms with van der Waals surface area (Å²) in [5.41, 5.74) is 1.70. The average Bonchev–Trinajstić information content (AvgIpc) is 2.69. The third-order valence-electron chi connectivity index (χ3n) is 3.99. The second-order valence-corrected chi connectivity index (χ2v) is 6.48. The van der Waals surface area contributed by atoms with E-state index in [0.717, 1.165) is 11.1 Å². The lowest BCUT2D eigenvalue weighted by atomic mass is 10.2. The van der Waals surface area contributed by atoms with E-state index in [1.165, 1.54) is 18.2 Å². The molecule has 28 heavy (non-hydrogen) atoms. The normalized spacial score (nSPS) is 10.5. The number of nitrogens with one attached hydrogen (secondary N) is 1. The van der Waals surface area contributed by atoms with Crippen LogP contribution in [0.2, 0.25) is 5.02 Å². The molecule has 0 atom stereocenters. The summed E-state index contributed by atoms with van der Waals surface area (Å²) < 4.78 is 11.6. The Labute approximate surface area is 167 Å². The van der Waals surface area contributed by atoms with Crippen molar-refractivity contribution >= 4 is 17.3 Å². The van der Waals surface area contributed by atoms with Gasteiger partial charge in [0.25, 0.3) is 0 Å². The number of ether oxygens (including phenoxy) is 2. The minimum absolute atomic E-state index is 0.121. The van der Waals surface area contributed by atoms with Crippen LogP contribution in [0.3, 0.4) is 0 Å². The minimum Gasteiger partial charge on any atom is -0.482 e. The molecule has 3 aromatic carbocycles. The molecule has 0 radical (unpaired) electrons. The third kappa shape index (κ3) is 5.00. The molecule has 7 heteroatoms. The Hall–Kier alpha value is -3.09. The van der Waals surface area contributed by atoms with Gasteiger partial charge in [0.1, 0.15) is 18.1 Å². The van der Waals surface area contributed by atoms with Crippen LogP contribution in [0.15, 0.2) is 66.7 Å². The first-order valence-corrected chi connectivity index (χ1v) is 9.00. The molecule has 0 aliphatic heterocycles. The fourth-order valence-corrected chi connectivity index (χ4v) is 2.81. The van der Waals surface area contributed by atoms with Crippen molar-refractivity contribution in [1.82, 2.24) is 5.32 Å². The van der Waals surface area contributed by atoms with Gasteiger partial charge in [-0.25, -0.2) is 0 Å². The van der Waals surface area contributed by atoms with Gasteiger partial charge in [-0.2, -0.15) is 0 Å². The van der Waals surface area contributed by atoms with Crippen LogP contribution in [0.5, 0.6) is 17.2 Å². The van der Waals surface area contributed by atoms with Crippen molar-refractivity contribution < 1.29 is 14.4 Å². The van der Waals surface area contributed by atoms with Gasteiger partial charge in [-0.3, -0.25) is 10.1 Å². The summed E-state index contributed by atoms with van der Waals surface area (Å²) in [5, 5.41) is 15.0. The zero-order valence-electron chi connectivity index (χ0n) is 15.2. The molecular weight excluding hydrogens is 380 g/mol. The van der Waals surface area contributed by atoms with E-state index in [0.29, 0.717) is 23.1 Å². The summed E-state index contributed by atoms with van der Waals surface area (Å²) >= 11 is 6.08. The zero-order chi connectivity index (χ0) is 19.9. The van der Waals surface area contributed by atoms with Crippen molar-refractivity contribution in [2.24, 2.45) is 0 Å². The van der Waals surface area contributed by atoms with Gasteiger partial charge in [0.05, 0.1) is 4.92 Å². The fourth-order valence-electron chi connectivity index (χ4n) is 2.65. The van der Waals surface area contributed by atoms with Crippen LogP contribution in [0, 0.1) is 10.1 Å². The molecule has 0 aromatic heterocycles. The maximum absolute atomic E-state index is 11.3. The Morgan fingerprint density at radius 1 is 1.04 bits per heavy atom. The van der Waals surface area contributed by atoms with Gasteiger partial charge >= 0.3 is 5.69 Å². The average molecular weight is 399 g/mol. The van der Waals surface area contributed by atoms with Crippen LogP contribution in [0.4, 0.5) is 5.69 Å². The summed E-state index contributed by atoms with van der Waals surface area (Å²) in [6.07, 6.45) is 0. The number of hydrogen-bond donors (Lipinski definition) is 1. The maximum Gasteiger partial charge on any atom is 0.311 e. The van der Waals surface area contributed by atoms with Gasteiger partial charge in [0.15, 0.2) is 0 Å². The summed E-state index contributed by atoms with van der Waals surface area (Å²) in [6.45, 7) is 0.810. The van der Waals surface area contributed by atoms with Crippen molar-refractivity contribution in [3.8, 4) is 17.2 Å². The number of nitro benzene ring substituents is 1. The molecule has 0 saturated heterocycles. The largest absolute Gasteiger partial charge is 0.482 e. The van der Waals surface area contributed by atoms with E-state index >= 15 is 0 Å². The molecule has 0 fully saturated rings. The highest BCUT2D eigenvalue weighted by molar-refractivity contribution is 6.30. The number of benzene rings is 3. The fraction of sp³-hybridized carbons (Fsp3) is 0.143. The first-order valence-electron chi connectivity index (χ1n) is 8.63. The van der Waals surface area contributed by atoms with Crippen LogP contribution in [-0.4, -0.2) is 12.0 Å². The van der Waals surface area contributed by atoms with E-state index in [2.05, 4.69) is 5.32 Å². The predicted molar refractivity (Wildman–Crippen MR) is 108 cm³/mol. The van der Waals surface area contributed by atoms with E-state index in [9.17, 15) is 10.1 Å². The zero-order valence-corrected chi connectivity index (χ0v) is 16.0. The van der Waals surface area contributed by atoms with Gasteiger partial charge in [-0.15, -0.1) is 0 Å². The van der Waals surface area contributed by atoms with Gasteiger partial charge in [-0.05, 0) is 30.8 Å². The standard InChI is InChI=1S/C21H19ClN2O4/c1-23-13-16-7-8-17(22)11-20(16)28-18-9-10-19(24(25)26)21(12-18)27-14-15-5-3-2-4-6-15/h2-12,23H,13-14H2,1H3. The van der Waals surface area contributed by atoms with Crippen molar-refractivity contribution in [2.45, 2.75) is 13.2 Å². The molecule has 0 aliphatic rings. The molecule has 1 N–H and O–H groups in total. The number of hydrogen-bond acceptors (Lipinski definition) is 5. The molecule has 0 heterocycles. The van der Waals surface area contributed by atoms with Gasteiger partial charge < -0.3 is 14.8 Å². The van der Waals surface area contributed by atoms with Gasteiger partial charge in [-0.1, -0.05) is 48.0 Å². The van der Waals surface area contributed by atoms with Crippen molar-refractivity contribution in [2.75, 3.05) is 7.05 Å². The lowest BCUT2D eigenvalue weighted by molar-refractivity contribution is -0.386. The van der Waals surface area contributed by atoms with Crippen molar-refractivity contribution in [1.29, 1.82) is 0 Å². The van der Waals surface area contributed by atoms with Crippen LogP contribution in [-0.2, 0) is 13.2 Å². The van der Waals surface area contributed by atoms with Crippen LogP contribution < -0.4 is 14.8 Å². The lowest BCUT2D eigenvalue weighted by Gasteiger charge is -2.13. The Bertz CT molecular complexity index is 964. The Balaban J connectivity index is 1.86. The summed E-state index contributed by atoms with van der Waals surface area (Å²) in [4.78, 5) is 10.9. The van der Waals surface area contributed by atoms with E-state index in [4.69, 9.17) is 21.1 Å². The highest BCUT2D eigenvalue weighted by atomic mass is 35.5. The van der Waals surface area contributed by atoms with E-state index in [1.807, 2.05) is 43.4 Å². The first-order chi connectivity index (χ1) is 13.6. The first kappa shape index (κ1) is 19.7. The quantitative estimate of drug-likeness (QED) is 0.409. The molecule has 144 valence electrons. The molecule has 3 aromatic rings. The Morgan fingerprint density at radius 3 is 2.54 bits per heavy atom. The van der Waals surface area contributed by atoms with Crippen molar-refractivity contribution in [3.05, 3.63) is 93.0 Å². The lowest BCUT2D eigenvalue weighted by Crippen LogP contribution is -2.06. The van der Waals surface area contributed by atoms with E-state index in [-0.39, 0.29) is 18.0 Å². The van der Waals surface area contributed by atoms with Crippen LogP contribution in [0.25, 0.3) is 0 Å². The molecule has 0 aliphatic carbocycles. The van der Waals surface area contributed by atoms with E-state index in [1.54, 1.807) is 12.1 Å². The Morgan fingerprint density at radius 2 is 1.82 bits per heavy atom. The molecule has 0 bridgehead atoms. The van der Waals surface area contributed by atoms with Gasteiger partial charge in [0.2, 0.25) is 5.75 Å². The molecule has 0 saturated carbocycles. The second kappa shape index (κ2) is 9.21. The number of halogens is 1. The predicted octanol–water partition coefficient (Wildman–Crippen LogP) is 5.34. The molecule has 3 rings (SSSR count). The number of nitrogens with zero attached hydrogens (tertiary/aromatic N) is 1. The SMILES string of the molecule is CNCc1ccc(Cl)cc1Oc1ccc([N+](=O)[O-])c(OCc2ccccc2)c1. The smallest absolute Gasteiger partial charge is 0.311 e. The highest BCUT2D eigenvalue weighted by Gasteiger charge is 2.17. The molecular formula is C21H19ClN2O4. The molecule has 0 spiro atoms. The summed E-state index contributed by atoms with van der Waals surface area (Å²) in [6, 6.07) is 19.2. The number of rotatable bonds is 8.